The van der Waals surface area contributed by atoms with Gasteiger partial charge in [-0.05, 0) is 85.9 Å². The number of fused-ring (bicyclic) bond motifs is 3. The summed E-state index contributed by atoms with van der Waals surface area (Å²) in [6.07, 6.45) is 8.09. The van der Waals surface area contributed by atoms with Crippen molar-refractivity contribution in [2.75, 3.05) is 18.9 Å². The minimum Gasteiger partial charge on any atom is -0.321 e. The fourth-order valence-electron chi connectivity index (χ4n) is 4.73. The number of hydrogen-bond acceptors (Lipinski definition) is 3. The predicted molar refractivity (Wildman–Crippen MR) is 103 cm³/mol. The molecule has 0 radical (unpaired) electrons. The van der Waals surface area contributed by atoms with E-state index in [0.717, 1.165) is 42.9 Å². The van der Waals surface area contributed by atoms with Gasteiger partial charge in [-0.25, -0.2) is 0 Å². The lowest BCUT2D eigenvalue weighted by molar-refractivity contribution is 0.103. The second-order valence-electron chi connectivity index (χ2n) is 7.74. The number of carbonyl (C=O) groups is 1. The molecule has 1 aliphatic heterocycles. The maximum Gasteiger partial charge on any atom is 0.265 e. The Morgan fingerprint density at radius 2 is 1.72 bits per heavy atom. The highest BCUT2D eigenvalue weighted by Gasteiger charge is 2.26. The number of hydrogen-bond donors (Lipinski definition) is 1. The number of nitrogens with one attached hydrogen (secondary N) is 1. The van der Waals surface area contributed by atoms with Crippen LogP contribution in [0, 0.1) is 0 Å². The molecule has 25 heavy (non-hydrogen) atoms. The van der Waals surface area contributed by atoms with E-state index >= 15 is 0 Å². The second kappa shape index (κ2) is 5.96. The van der Waals surface area contributed by atoms with Gasteiger partial charge >= 0.3 is 0 Å². The standard InChI is InChI=1S/C21H24N2OS/c1-23-9-8-18-15(12-23)11-19(25-18)21(24)22-20-16-6-2-4-13(16)10-14-5-3-7-17(14)20/h10-11H,2-9,12H2,1H3,(H,22,24). The number of likely N-dealkylation sites (N-methyl/N-ethyl adjacent to an activating group) is 1. The zero-order valence-corrected chi connectivity index (χ0v) is 15.6. The highest BCUT2D eigenvalue weighted by Crippen LogP contribution is 2.39. The lowest BCUT2D eigenvalue weighted by atomic mass is 9.98. The summed E-state index contributed by atoms with van der Waals surface area (Å²) in [6, 6.07) is 4.54. The number of rotatable bonds is 2. The Morgan fingerprint density at radius 3 is 2.44 bits per heavy atom. The maximum atomic E-state index is 13.0. The number of aryl methyl sites for hydroxylation is 2. The van der Waals surface area contributed by atoms with Gasteiger partial charge in [0.05, 0.1) is 4.88 Å². The molecule has 2 aliphatic carbocycles. The van der Waals surface area contributed by atoms with E-state index in [1.54, 1.807) is 11.3 Å². The Hall–Kier alpha value is -1.65. The first-order chi connectivity index (χ1) is 12.2. The van der Waals surface area contributed by atoms with E-state index in [1.165, 1.54) is 58.4 Å². The lowest BCUT2D eigenvalue weighted by Crippen LogP contribution is -2.25. The molecular formula is C21H24N2OS. The van der Waals surface area contributed by atoms with Gasteiger partial charge in [-0.1, -0.05) is 6.07 Å². The van der Waals surface area contributed by atoms with Crippen LogP contribution in [0.1, 0.15) is 55.2 Å². The molecule has 4 heteroatoms. The molecular weight excluding hydrogens is 328 g/mol. The van der Waals surface area contributed by atoms with E-state index in [9.17, 15) is 4.79 Å². The summed E-state index contributed by atoms with van der Waals surface area (Å²) in [6.45, 7) is 2.06. The summed E-state index contributed by atoms with van der Waals surface area (Å²) in [5.41, 5.74) is 8.28. The zero-order chi connectivity index (χ0) is 17.0. The van der Waals surface area contributed by atoms with Crippen molar-refractivity contribution in [3.05, 3.63) is 49.7 Å². The lowest BCUT2D eigenvalue weighted by Gasteiger charge is -2.21. The van der Waals surface area contributed by atoms with Crippen LogP contribution in [0.2, 0.25) is 0 Å². The molecule has 3 aliphatic rings. The number of thiophene rings is 1. The number of benzene rings is 1. The number of amides is 1. The molecule has 0 atom stereocenters. The highest BCUT2D eigenvalue weighted by atomic mass is 32.1. The average Bonchev–Trinajstić information content (AvgIpc) is 3.32. The molecule has 0 bridgehead atoms. The zero-order valence-electron chi connectivity index (χ0n) is 14.8. The van der Waals surface area contributed by atoms with E-state index in [1.807, 2.05) is 0 Å². The third-order valence-corrected chi connectivity index (χ3v) is 7.23. The molecule has 0 saturated heterocycles. The van der Waals surface area contributed by atoms with Crippen LogP contribution < -0.4 is 5.32 Å². The van der Waals surface area contributed by atoms with Gasteiger partial charge in [-0.15, -0.1) is 11.3 Å². The fraction of sp³-hybridized carbons (Fsp3) is 0.476. The molecule has 1 aromatic heterocycles. The smallest absolute Gasteiger partial charge is 0.265 e. The van der Waals surface area contributed by atoms with Crippen LogP contribution in [0.15, 0.2) is 12.1 Å². The van der Waals surface area contributed by atoms with Crippen molar-refractivity contribution < 1.29 is 4.79 Å². The van der Waals surface area contributed by atoms with Crippen LogP contribution in [0.25, 0.3) is 0 Å². The van der Waals surface area contributed by atoms with Crippen molar-refractivity contribution in [3.63, 3.8) is 0 Å². The van der Waals surface area contributed by atoms with Crippen LogP contribution in [0.3, 0.4) is 0 Å². The second-order valence-corrected chi connectivity index (χ2v) is 8.87. The Labute approximate surface area is 153 Å². The average molecular weight is 353 g/mol. The molecule has 2 heterocycles. The fourth-order valence-corrected chi connectivity index (χ4v) is 5.79. The van der Waals surface area contributed by atoms with Crippen LogP contribution >= 0.6 is 11.3 Å². The summed E-state index contributed by atoms with van der Waals surface area (Å²) in [4.78, 5) is 17.6. The number of nitrogens with zero attached hydrogens (tertiary/aromatic N) is 1. The minimum absolute atomic E-state index is 0.0939. The Balaban J connectivity index is 1.48. The van der Waals surface area contributed by atoms with E-state index in [-0.39, 0.29) is 5.91 Å². The van der Waals surface area contributed by atoms with Crippen molar-refractivity contribution in [2.24, 2.45) is 0 Å². The van der Waals surface area contributed by atoms with Crippen LogP contribution in [0.5, 0.6) is 0 Å². The summed E-state index contributed by atoms with van der Waals surface area (Å²) < 4.78 is 0. The van der Waals surface area contributed by atoms with Gasteiger partial charge in [0, 0.05) is 23.7 Å². The number of anilines is 1. The molecule has 0 unspecified atom stereocenters. The molecule has 3 nitrogen and oxygen atoms in total. The van der Waals surface area contributed by atoms with Crippen molar-refractivity contribution in [2.45, 2.75) is 51.5 Å². The molecule has 130 valence electrons. The molecule has 0 spiro atoms. The first-order valence-electron chi connectivity index (χ1n) is 9.47. The van der Waals surface area contributed by atoms with Gasteiger partial charge in [-0.3, -0.25) is 4.79 Å². The first kappa shape index (κ1) is 15.6. The Bertz CT molecular complexity index is 835. The van der Waals surface area contributed by atoms with Crippen LogP contribution in [-0.2, 0) is 38.6 Å². The van der Waals surface area contributed by atoms with Gasteiger partial charge in [0.2, 0.25) is 0 Å². The molecule has 2 aromatic rings. The SMILES string of the molecule is CN1CCc2sc(C(=O)Nc3c4c(cc5c3CCC5)CCC4)cc2C1. The van der Waals surface area contributed by atoms with Gasteiger partial charge < -0.3 is 10.2 Å². The van der Waals surface area contributed by atoms with Gasteiger partial charge in [-0.2, -0.15) is 0 Å². The van der Waals surface area contributed by atoms with E-state index in [2.05, 4.69) is 29.4 Å². The summed E-state index contributed by atoms with van der Waals surface area (Å²) >= 11 is 1.69. The van der Waals surface area contributed by atoms with Crippen molar-refractivity contribution >= 4 is 22.9 Å². The molecule has 1 amide bonds. The molecule has 1 aromatic carbocycles. The molecule has 0 saturated carbocycles. The first-order valence-corrected chi connectivity index (χ1v) is 10.3. The largest absolute Gasteiger partial charge is 0.321 e. The van der Waals surface area contributed by atoms with E-state index in [0.29, 0.717) is 0 Å². The molecule has 5 rings (SSSR count). The number of carbonyl (C=O) groups excluding carboxylic acids is 1. The van der Waals surface area contributed by atoms with Gasteiger partial charge in [0.15, 0.2) is 0 Å². The Kier molecular flexibility index (Phi) is 3.72. The monoisotopic (exact) mass is 352 g/mol. The van der Waals surface area contributed by atoms with Crippen molar-refractivity contribution in [1.82, 2.24) is 4.90 Å². The van der Waals surface area contributed by atoms with Gasteiger partial charge in [0.1, 0.15) is 0 Å². The highest BCUT2D eigenvalue weighted by molar-refractivity contribution is 7.14. The van der Waals surface area contributed by atoms with E-state index in [4.69, 9.17) is 0 Å². The Morgan fingerprint density at radius 1 is 1.00 bits per heavy atom. The topological polar surface area (TPSA) is 32.3 Å². The quantitative estimate of drug-likeness (QED) is 0.887. The summed E-state index contributed by atoms with van der Waals surface area (Å²) in [5.74, 6) is 0.0939. The van der Waals surface area contributed by atoms with Crippen molar-refractivity contribution in [3.8, 4) is 0 Å². The van der Waals surface area contributed by atoms with Crippen LogP contribution in [-0.4, -0.2) is 24.4 Å². The van der Waals surface area contributed by atoms with E-state index < -0.39 is 0 Å². The molecule has 0 fully saturated rings. The molecule has 1 N–H and O–H groups in total. The minimum atomic E-state index is 0.0939. The van der Waals surface area contributed by atoms with Gasteiger partial charge in [0.25, 0.3) is 5.91 Å². The predicted octanol–water partition coefficient (Wildman–Crippen LogP) is 3.97. The third kappa shape index (κ3) is 2.63. The van der Waals surface area contributed by atoms with Crippen molar-refractivity contribution in [1.29, 1.82) is 0 Å². The third-order valence-electron chi connectivity index (χ3n) is 5.99. The van der Waals surface area contributed by atoms with Crippen LogP contribution in [0.4, 0.5) is 5.69 Å². The summed E-state index contributed by atoms with van der Waals surface area (Å²) in [7, 11) is 2.15. The summed E-state index contributed by atoms with van der Waals surface area (Å²) in [5, 5.41) is 3.34. The maximum absolute atomic E-state index is 13.0. The normalized spacial score (nSPS) is 18.8.